The van der Waals surface area contributed by atoms with Crippen molar-refractivity contribution in [1.29, 1.82) is 0 Å². The van der Waals surface area contributed by atoms with Crippen LogP contribution in [0, 0.1) is 0 Å². The van der Waals surface area contributed by atoms with Crippen molar-refractivity contribution in [3.8, 4) is 0 Å². The minimum atomic E-state index is -0.266. The summed E-state index contributed by atoms with van der Waals surface area (Å²) in [7, 11) is 1.67. The monoisotopic (exact) mass is 247 g/mol. The summed E-state index contributed by atoms with van der Waals surface area (Å²) in [4.78, 5) is 1.99. The van der Waals surface area contributed by atoms with Gasteiger partial charge >= 0.3 is 6.01 Å². The number of methoxy groups -OCH3 is 1. The van der Waals surface area contributed by atoms with E-state index in [9.17, 15) is 0 Å². The number of aromatic nitrogens is 2. The third-order valence-electron chi connectivity index (χ3n) is 2.30. The average Bonchev–Trinajstić information content (AvgIpc) is 2.68. The number of alkyl halides is 1. The van der Waals surface area contributed by atoms with E-state index in [0.29, 0.717) is 18.5 Å². The summed E-state index contributed by atoms with van der Waals surface area (Å²) >= 11 is 5.87. The van der Waals surface area contributed by atoms with E-state index in [1.165, 1.54) is 0 Å². The van der Waals surface area contributed by atoms with E-state index in [4.69, 9.17) is 20.8 Å². The molecule has 1 aromatic rings. The Morgan fingerprint density at radius 1 is 1.44 bits per heavy atom. The Morgan fingerprint density at radius 2 is 2.12 bits per heavy atom. The van der Waals surface area contributed by atoms with Gasteiger partial charge in [-0.15, -0.1) is 16.7 Å². The van der Waals surface area contributed by atoms with Gasteiger partial charge in [-0.2, -0.15) is 0 Å². The SMILES string of the molecule is CCN(c1nnc(C(C)Cl)o1)C(C)COC. The van der Waals surface area contributed by atoms with Gasteiger partial charge in [0.1, 0.15) is 5.38 Å². The number of anilines is 1. The second-order valence-electron chi connectivity index (χ2n) is 3.63. The maximum atomic E-state index is 5.87. The lowest BCUT2D eigenvalue weighted by Gasteiger charge is -2.24. The minimum Gasteiger partial charge on any atom is -0.406 e. The summed E-state index contributed by atoms with van der Waals surface area (Å²) in [5, 5.41) is 7.61. The summed E-state index contributed by atoms with van der Waals surface area (Å²) in [5.74, 6) is 0.444. The van der Waals surface area contributed by atoms with Gasteiger partial charge in [0.15, 0.2) is 0 Å². The first kappa shape index (κ1) is 13.3. The summed E-state index contributed by atoms with van der Waals surface area (Å²) in [5.41, 5.74) is 0. The molecular formula is C10H18ClN3O2. The molecule has 0 amide bonds. The zero-order chi connectivity index (χ0) is 12.1. The Bertz CT molecular complexity index is 317. The molecule has 2 atom stereocenters. The van der Waals surface area contributed by atoms with E-state index in [1.807, 2.05) is 18.7 Å². The summed E-state index contributed by atoms with van der Waals surface area (Å²) < 4.78 is 10.6. The lowest BCUT2D eigenvalue weighted by molar-refractivity contribution is 0.180. The van der Waals surface area contributed by atoms with Crippen LogP contribution in [0.5, 0.6) is 0 Å². The number of likely N-dealkylation sites (N-methyl/N-ethyl adjacent to an activating group) is 1. The van der Waals surface area contributed by atoms with E-state index >= 15 is 0 Å². The number of ether oxygens (including phenoxy) is 1. The molecule has 1 aromatic heterocycles. The van der Waals surface area contributed by atoms with Crippen LogP contribution in [0.2, 0.25) is 0 Å². The highest BCUT2D eigenvalue weighted by atomic mass is 35.5. The molecule has 1 heterocycles. The maximum Gasteiger partial charge on any atom is 0.318 e. The van der Waals surface area contributed by atoms with Crippen LogP contribution >= 0.6 is 11.6 Å². The van der Waals surface area contributed by atoms with Crippen LogP contribution in [-0.4, -0.2) is 36.5 Å². The Balaban J connectivity index is 2.78. The van der Waals surface area contributed by atoms with Crippen LogP contribution in [0.25, 0.3) is 0 Å². The Kier molecular flexibility index (Phi) is 5.02. The number of hydrogen-bond acceptors (Lipinski definition) is 5. The summed E-state index contributed by atoms with van der Waals surface area (Å²) in [6.45, 7) is 7.26. The minimum absolute atomic E-state index is 0.189. The van der Waals surface area contributed by atoms with Gasteiger partial charge in [-0.05, 0) is 20.8 Å². The molecule has 0 saturated carbocycles. The molecule has 0 saturated heterocycles. The van der Waals surface area contributed by atoms with Gasteiger partial charge in [0.2, 0.25) is 5.89 Å². The number of halogens is 1. The molecule has 2 unspecified atom stereocenters. The summed E-state index contributed by atoms with van der Waals surface area (Å²) in [6, 6.07) is 0.684. The zero-order valence-electron chi connectivity index (χ0n) is 10.1. The van der Waals surface area contributed by atoms with Crippen LogP contribution in [0.15, 0.2) is 4.42 Å². The molecule has 5 nitrogen and oxygen atoms in total. The van der Waals surface area contributed by atoms with Gasteiger partial charge in [-0.1, -0.05) is 5.10 Å². The van der Waals surface area contributed by atoms with Crippen LogP contribution in [0.4, 0.5) is 6.01 Å². The van der Waals surface area contributed by atoms with Crippen molar-refractivity contribution in [2.75, 3.05) is 25.2 Å². The molecule has 0 N–H and O–H groups in total. The van der Waals surface area contributed by atoms with E-state index < -0.39 is 0 Å². The first-order chi connectivity index (χ1) is 7.60. The molecule has 0 fully saturated rings. The van der Waals surface area contributed by atoms with Gasteiger partial charge in [0.05, 0.1) is 12.6 Å². The first-order valence-electron chi connectivity index (χ1n) is 5.33. The summed E-state index contributed by atoms with van der Waals surface area (Å²) in [6.07, 6.45) is 0. The van der Waals surface area contributed by atoms with Crippen molar-refractivity contribution in [1.82, 2.24) is 10.2 Å². The molecule has 0 radical (unpaired) electrons. The third-order valence-corrected chi connectivity index (χ3v) is 2.48. The number of hydrogen-bond donors (Lipinski definition) is 0. The smallest absolute Gasteiger partial charge is 0.318 e. The highest BCUT2D eigenvalue weighted by molar-refractivity contribution is 6.20. The molecule has 6 heteroatoms. The standard InChI is InChI=1S/C10H18ClN3O2/c1-5-14(7(2)6-15-4)10-13-12-9(16-10)8(3)11/h7-8H,5-6H2,1-4H3. The van der Waals surface area contributed by atoms with E-state index in [0.717, 1.165) is 6.54 Å². The molecule has 16 heavy (non-hydrogen) atoms. The van der Waals surface area contributed by atoms with Gasteiger partial charge < -0.3 is 14.1 Å². The fourth-order valence-corrected chi connectivity index (χ4v) is 1.56. The normalized spacial score (nSPS) is 14.8. The predicted octanol–water partition coefficient (Wildman–Crippen LogP) is 2.23. The topological polar surface area (TPSA) is 51.4 Å². The number of rotatable bonds is 6. The van der Waals surface area contributed by atoms with Gasteiger partial charge in [-0.25, -0.2) is 0 Å². The molecule has 0 spiro atoms. The van der Waals surface area contributed by atoms with E-state index in [2.05, 4.69) is 10.2 Å². The third kappa shape index (κ3) is 3.09. The molecule has 0 aromatic carbocycles. The van der Waals surface area contributed by atoms with E-state index in [-0.39, 0.29) is 11.4 Å². The van der Waals surface area contributed by atoms with Crippen molar-refractivity contribution in [2.45, 2.75) is 32.2 Å². The van der Waals surface area contributed by atoms with E-state index in [1.54, 1.807) is 14.0 Å². The highest BCUT2D eigenvalue weighted by Gasteiger charge is 2.20. The van der Waals surface area contributed by atoms with Crippen LogP contribution in [0.3, 0.4) is 0 Å². The molecular weight excluding hydrogens is 230 g/mol. The van der Waals surface area contributed by atoms with Gasteiger partial charge in [0.25, 0.3) is 0 Å². The lowest BCUT2D eigenvalue weighted by atomic mass is 10.3. The molecule has 0 aliphatic carbocycles. The van der Waals surface area contributed by atoms with Crippen molar-refractivity contribution in [3.05, 3.63) is 5.89 Å². The zero-order valence-corrected chi connectivity index (χ0v) is 10.9. The lowest BCUT2D eigenvalue weighted by Crippen LogP contribution is -2.36. The van der Waals surface area contributed by atoms with Gasteiger partial charge in [-0.3, -0.25) is 0 Å². The molecule has 0 aliphatic rings. The number of nitrogens with zero attached hydrogens (tertiary/aromatic N) is 3. The molecule has 0 bridgehead atoms. The van der Waals surface area contributed by atoms with Crippen molar-refractivity contribution >= 4 is 17.6 Å². The Hall–Kier alpha value is -0.810. The van der Waals surface area contributed by atoms with Crippen LogP contribution < -0.4 is 4.90 Å². The first-order valence-corrected chi connectivity index (χ1v) is 5.76. The van der Waals surface area contributed by atoms with Crippen LogP contribution in [0.1, 0.15) is 32.0 Å². The largest absolute Gasteiger partial charge is 0.406 e. The van der Waals surface area contributed by atoms with Crippen molar-refractivity contribution in [3.63, 3.8) is 0 Å². The highest BCUT2D eigenvalue weighted by Crippen LogP contribution is 2.22. The maximum absolute atomic E-state index is 5.87. The van der Waals surface area contributed by atoms with Gasteiger partial charge in [0, 0.05) is 13.7 Å². The van der Waals surface area contributed by atoms with Crippen molar-refractivity contribution < 1.29 is 9.15 Å². The predicted molar refractivity (Wildman–Crippen MR) is 62.9 cm³/mol. The molecule has 0 aliphatic heterocycles. The average molecular weight is 248 g/mol. The van der Waals surface area contributed by atoms with Crippen molar-refractivity contribution in [2.24, 2.45) is 0 Å². The molecule has 92 valence electrons. The fraction of sp³-hybridized carbons (Fsp3) is 0.800. The second kappa shape index (κ2) is 6.06. The quantitative estimate of drug-likeness (QED) is 0.722. The second-order valence-corrected chi connectivity index (χ2v) is 4.28. The molecule has 1 rings (SSSR count). The Labute approximate surface area is 101 Å². The fourth-order valence-electron chi connectivity index (χ4n) is 1.47. The van der Waals surface area contributed by atoms with Crippen LogP contribution in [-0.2, 0) is 4.74 Å². The Morgan fingerprint density at radius 3 is 2.56 bits per heavy atom.